The molecule has 0 aliphatic heterocycles. The number of amides is 1. The minimum atomic E-state index is -0.0365. The fourth-order valence-corrected chi connectivity index (χ4v) is 2.25. The quantitative estimate of drug-likeness (QED) is 0.617. The van der Waals surface area contributed by atoms with Crippen LogP contribution in [0.1, 0.15) is 25.5 Å². The lowest BCUT2D eigenvalue weighted by Gasteiger charge is -2.19. The molecule has 1 aromatic carbocycles. The van der Waals surface area contributed by atoms with E-state index in [1.165, 1.54) is 4.90 Å². The zero-order valence-corrected chi connectivity index (χ0v) is 15.2. The normalized spacial score (nSPS) is 12.6. The maximum Gasteiger partial charge on any atom is 0.243 e. The number of hydrogen-bond acceptors (Lipinski definition) is 3. The Morgan fingerprint density at radius 2 is 2.16 bits per heavy atom. The largest absolute Gasteiger partial charge is 0.357 e. The molecule has 7 heteroatoms. The molecule has 134 valence electrons. The summed E-state index contributed by atoms with van der Waals surface area (Å²) >= 11 is 0. The number of benzene rings is 1. The Morgan fingerprint density at radius 3 is 2.80 bits per heavy atom. The van der Waals surface area contributed by atoms with E-state index in [0.29, 0.717) is 5.96 Å². The van der Waals surface area contributed by atoms with E-state index < -0.39 is 0 Å². The van der Waals surface area contributed by atoms with Crippen LogP contribution in [0.2, 0.25) is 0 Å². The highest BCUT2D eigenvalue weighted by atomic mass is 16.2. The molecule has 0 fully saturated rings. The molecule has 2 aromatic rings. The van der Waals surface area contributed by atoms with E-state index in [0.717, 1.165) is 17.8 Å². The van der Waals surface area contributed by atoms with Gasteiger partial charge >= 0.3 is 0 Å². The first-order valence-electron chi connectivity index (χ1n) is 8.36. The van der Waals surface area contributed by atoms with E-state index in [1.54, 1.807) is 20.3 Å². The summed E-state index contributed by atoms with van der Waals surface area (Å²) in [6.07, 6.45) is 3.67. The molecule has 0 bridgehead atoms. The summed E-state index contributed by atoms with van der Waals surface area (Å²) < 4.78 is 1.82. The third-order valence-electron chi connectivity index (χ3n) is 3.71. The highest BCUT2D eigenvalue weighted by Gasteiger charge is 2.10. The van der Waals surface area contributed by atoms with Crippen molar-refractivity contribution in [2.45, 2.75) is 19.9 Å². The molecule has 0 radical (unpaired) electrons. The molecule has 1 amide bonds. The molecule has 0 spiro atoms. The van der Waals surface area contributed by atoms with Crippen molar-refractivity contribution in [2.24, 2.45) is 4.99 Å². The number of hydrogen-bond donors (Lipinski definition) is 2. The molecule has 2 N–H and O–H groups in total. The van der Waals surface area contributed by atoms with Gasteiger partial charge in [0.2, 0.25) is 5.91 Å². The van der Waals surface area contributed by atoms with Gasteiger partial charge in [-0.1, -0.05) is 12.1 Å². The van der Waals surface area contributed by atoms with Crippen molar-refractivity contribution in [3.8, 4) is 5.69 Å². The highest BCUT2D eigenvalue weighted by Crippen LogP contribution is 2.16. The molecule has 0 aliphatic rings. The Balaban J connectivity index is 2.10. The van der Waals surface area contributed by atoms with Crippen molar-refractivity contribution in [1.29, 1.82) is 0 Å². The molecule has 1 atom stereocenters. The highest BCUT2D eigenvalue weighted by molar-refractivity contribution is 5.85. The number of rotatable bonds is 6. The van der Waals surface area contributed by atoms with Crippen LogP contribution in [0.5, 0.6) is 0 Å². The third kappa shape index (κ3) is 5.34. The van der Waals surface area contributed by atoms with Crippen LogP contribution in [-0.2, 0) is 4.79 Å². The molecule has 0 saturated carbocycles. The first kappa shape index (κ1) is 18.5. The molecule has 1 unspecified atom stereocenters. The van der Waals surface area contributed by atoms with Crippen LogP contribution in [0.3, 0.4) is 0 Å². The second-order valence-electron chi connectivity index (χ2n) is 5.89. The standard InChI is InChI=1S/C18H26N6O/c1-5-19-18(20-13-17(25)23(3)4)22-14(2)15-8-6-9-16(12-15)24-11-7-10-21-24/h6-12,14H,5,13H2,1-4H3,(H2,19,20,22). The van der Waals surface area contributed by atoms with Gasteiger partial charge in [0.25, 0.3) is 0 Å². The van der Waals surface area contributed by atoms with Crippen molar-refractivity contribution in [1.82, 2.24) is 25.3 Å². The zero-order chi connectivity index (χ0) is 18.2. The van der Waals surface area contributed by atoms with Crippen LogP contribution in [-0.4, -0.2) is 53.7 Å². The summed E-state index contributed by atoms with van der Waals surface area (Å²) in [7, 11) is 3.45. The number of carbonyl (C=O) groups excluding carboxylic acids is 1. The number of aromatic nitrogens is 2. The van der Waals surface area contributed by atoms with Crippen LogP contribution in [0.25, 0.3) is 5.69 Å². The first-order valence-corrected chi connectivity index (χ1v) is 8.36. The van der Waals surface area contributed by atoms with Crippen LogP contribution in [0.4, 0.5) is 0 Å². The van der Waals surface area contributed by atoms with Gasteiger partial charge in [-0.2, -0.15) is 5.10 Å². The van der Waals surface area contributed by atoms with Gasteiger partial charge in [0.05, 0.1) is 11.7 Å². The zero-order valence-electron chi connectivity index (χ0n) is 15.2. The average molecular weight is 342 g/mol. The molecule has 0 saturated heterocycles. The van der Waals surface area contributed by atoms with Crippen LogP contribution < -0.4 is 10.6 Å². The fraction of sp³-hybridized carbons (Fsp3) is 0.389. The Hall–Kier alpha value is -2.83. The molecule has 1 heterocycles. The lowest BCUT2D eigenvalue weighted by molar-refractivity contribution is -0.127. The minimum Gasteiger partial charge on any atom is -0.357 e. The van der Waals surface area contributed by atoms with Gasteiger partial charge in [0.15, 0.2) is 5.96 Å². The lowest BCUT2D eigenvalue weighted by atomic mass is 10.1. The second kappa shape index (κ2) is 8.86. The summed E-state index contributed by atoms with van der Waals surface area (Å²) in [6.45, 7) is 4.89. The smallest absolute Gasteiger partial charge is 0.243 e. The van der Waals surface area contributed by atoms with E-state index in [1.807, 2.05) is 36.0 Å². The van der Waals surface area contributed by atoms with Crippen molar-refractivity contribution >= 4 is 11.9 Å². The van der Waals surface area contributed by atoms with Gasteiger partial charge < -0.3 is 15.5 Å². The van der Waals surface area contributed by atoms with Gasteiger partial charge in [0, 0.05) is 33.0 Å². The molecular formula is C18H26N6O. The number of nitrogens with one attached hydrogen (secondary N) is 2. The number of guanidine groups is 1. The predicted molar refractivity (Wildman–Crippen MR) is 99.8 cm³/mol. The summed E-state index contributed by atoms with van der Waals surface area (Å²) in [5.41, 5.74) is 2.11. The Kier molecular flexibility index (Phi) is 6.56. The van der Waals surface area contributed by atoms with Gasteiger partial charge in [0.1, 0.15) is 6.54 Å². The van der Waals surface area contributed by atoms with Crippen molar-refractivity contribution < 1.29 is 4.79 Å². The predicted octanol–water partition coefficient (Wildman–Crippen LogP) is 1.58. The maximum atomic E-state index is 11.7. The second-order valence-corrected chi connectivity index (χ2v) is 5.89. The van der Waals surface area contributed by atoms with Gasteiger partial charge in [-0.25, -0.2) is 9.67 Å². The molecule has 2 rings (SSSR count). The van der Waals surface area contributed by atoms with E-state index in [9.17, 15) is 4.79 Å². The van der Waals surface area contributed by atoms with Crippen molar-refractivity contribution in [3.63, 3.8) is 0 Å². The maximum absolute atomic E-state index is 11.7. The van der Waals surface area contributed by atoms with E-state index in [-0.39, 0.29) is 18.5 Å². The van der Waals surface area contributed by atoms with Gasteiger partial charge in [-0.15, -0.1) is 0 Å². The van der Waals surface area contributed by atoms with E-state index in [2.05, 4.69) is 39.8 Å². The SMILES string of the molecule is CCNC(=NCC(=O)N(C)C)NC(C)c1cccc(-n2cccn2)c1. The van der Waals surface area contributed by atoms with Crippen LogP contribution in [0.15, 0.2) is 47.7 Å². The Morgan fingerprint density at radius 1 is 1.36 bits per heavy atom. The molecular weight excluding hydrogens is 316 g/mol. The number of carbonyl (C=O) groups is 1. The Labute approximate surface area is 148 Å². The molecule has 25 heavy (non-hydrogen) atoms. The molecule has 1 aromatic heterocycles. The molecule has 0 aliphatic carbocycles. The Bertz CT molecular complexity index is 708. The van der Waals surface area contributed by atoms with Gasteiger partial charge in [-0.3, -0.25) is 4.79 Å². The minimum absolute atomic E-state index is 0.0303. The van der Waals surface area contributed by atoms with E-state index in [4.69, 9.17) is 0 Å². The van der Waals surface area contributed by atoms with Gasteiger partial charge in [-0.05, 0) is 37.6 Å². The van der Waals surface area contributed by atoms with E-state index >= 15 is 0 Å². The summed E-state index contributed by atoms with van der Waals surface area (Å²) in [4.78, 5) is 17.6. The van der Waals surface area contributed by atoms with Crippen molar-refractivity contribution in [2.75, 3.05) is 27.2 Å². The average Bonchev–Trinajstić information content (AvgIpc) is 3.14. The summed E-state index contributed by atoms with van der Waals surface area (Å²) in [5.74, 6) is 0.584. The fourth-order valence-electron chi connectivity index (χ4n) is 2.25. The lowest BCUT2D eigenvalue weighted by Crippen LogP contribution is -2.39. The molecule has 7 nitrogen and oxygen atoms in total. The topological polar surface area (TPSA) is 74.6 Å². The third-order valence-corrected chi connectivity index (χ3v) is 3.71. The number of nitrogens with zero attached hydrogens (tertiary/aromatic N) is 4. The summed E-state index contributed by atoms with van der Waals surface area (Å²) in [6, 6.07) is 10.1. The summed E-state index contributed by atoms with van der Waals surface area (Å²) in [5, 5.41) is 10.8. The monoisotopic (exact) mass is 342 g/mol. The number of likely N-dealkylation sites (N-methyl/N-ethyl adjacent to an activating group) is 1. The first-order chi connectivity index (χ1) is 12.0. The van der Waals surface area contributed by atoms with Crippen LogP contribution in [0, 0.1) is 0 Å². The van der Waals surface area contributed by atoms with Crippen molar-refractivity contribution in [3.05, 3.63) is 48.3 Å². The van der Waals surface area contributed by atoms with Crippen LogP contribution >= 0.6 is 0 Å². The number of aliphatic imine (C=N–C) groups is 1.